The maximum Gasteiger partial charge on any atom is 0.264 e. The van der Waals surface area contributed by atoms with Crippen LogP contribution in [0.5, 0.6) is 0 Å². The maximum atomic E-state index is 12.5. The van der Waals surface area contributed by atoms with Crippen molar-refractivity contribution in [3.05, 3.63) is 52.2 Å². The molecule has 2 heterocycles. The number of hydrogen-bond donors (Lipinski definition) is 3. The Balaban J connectivity index is 1.81. The Bertz CT molecular complexity index is 1120. The quantitative estimate of drug-likeness (QED) is 0.555. The molecule has 27 heavy (non-hydrogen) atoms. The lowest BCUT2D eigenvalue weighted by Crippen LogP contribution is -2.15. The minimum atomic E-state index is -3.80. The van der Waals surface area contributed by atoms with Gasteiger partial charge in [0.2, 0.25) is 10.7 Å². The van der Waals surface area contributed by atoms with Crippen molar-refractivity contribution >= 4 is 39.7 Å². The van der Waals surface area contributed by atoms with Crippen LogP contribution in [-0.2, 0) is 10.0 Å². The second-order valence-corrected chi connectivity index (χ2v) is 7.87. The molecule has 3 N–H and O–H groups in total. The number of nitrogens with zero attached hydrogens (tertiary/aromatic N) is 4. The number of sulfonamides is 1. The summed E-state index contributed by atoms with van der Waals surface area (Å²) in [4.78, 5) is 12.4. The van der Waals surface area contributed by atoms with Crippen molar-refractivity contribution in [1.82, 2.24) is 25.1 Å². The topological polar surface area (TPSA) is 126 Å². The molecule has 0 unspecified atom stereocenters. The molecule has 0 atom stereocenters. The van der Waals surface area contributed by atoms with E-state index in [1.165, 1.54) is 12.1 Å². The average Bonchev–Trinajstić information content (AvgIpc) is 2.57. The summed E-state index contributed by atoms with van der Waals surface area (Å²) in [7, 11) is -3.80. The Labute approximate surface area is 161 Å². The van der Waals surface area contributed by atoms with E-state index in [-0.39, 0.29) is 15.6 Å². The average molecular weight is 403 g/mol. The first-order valence-corrected chi connectivity index (χ1v) is 9.77. The van der Waals surface area contributed by atoms with Gasteiger partial charge in [-0.2, -0.15) is 10.1 Å². The molecular formula is C16H17N7O2S2. The van der Waals surface area contributed by atoms with E-state index in [0.717, 1.165) is 0 Å². The van der Waals surface area contributed by atoms with Gasteiger partial charge in [-0.25, -0.2) is 23.1 Å². The molecule has 3 aromatic rings. The highest BCUT2D eigenvalue weighted by Gasteiger charge is 2.16. The first kappa shape index (κ1) is 18.9. The Morgan fingerprint density at radius 1 is 1.00 bits per heavy atom. The first-order valence-electron chi connectivity index (χ1n) is 7.88. The van der Waals surface area contributed by atoms with Gasteiger partial charge in [0.05, 0.1) is 4.90 Å². The highest BCUT2D eigenvalue weighted by atomic mass is 32.2. The Morgan fingerprint density at radius 3 is 2.26 bits per heavy atom. The predicted molar refractivity (Wildman–Crippen MR) is 104 cm³/mol. The molecule has 0 saturated carbocycles. The summed E-state index contributed by atoms with van der Waals surface area (Å²) in [5, 5.41) is 9.67. The fraction of sp³-hybridized carbons (Fsp3) is 0.188. The number of H-pyrrole nitrogens is 1. The SMILES string of the molecule is Cc1cc(C)nc(NS(=O)(=O)c2ccc(Nc3nc(=S)[nH]nc3C)cc2)n1. The molecule has 11 heteroatoms. The zero-order valence-electron chi connectivity index (χ0n) is 14.8. The van der Waals surface area contributed by atoms with Gasteiger partial charge in [0.1, 0.15) is 5.69 Å². The van der Waals surface area contributed by atoms with Crippen LogP contribution in [0.15, 0.2) is 35.2 Å². The number of aromatic amines is 1. The van der Waals surface area contributed by atoms with Crippen LogP contribution in [0.25, 0.3) is 0 Å². The Morgan fingerprint density at radius 2 is 1.63 bits per heavy atom. The third-order valence-electron chi connectivity index (χ3n) is 3.51. The van der Waals surface area contributed by atoms with Crippen LogP contribution < -0.4 is 10.0 Å². The monoisotopic (exact) mass is 403 g/mol. The summed E-state index contributed by atoms with van der Waals surface area (Å²) in [6, 6.07) is 7.95. The molecule has 0 aliphatic heterocycles. The van der Waals surface area contributed by atoms with E-state index in [4.69, 9.17) is 12.2 Å². The van der Waals surface area contributed by atoms with E-state index in [9.17, 15) is 8.42 Å². The predicted octanol–water partition coefficient (Wildman–Crippen LogP) is 2.79. The third kappa shape index (κ3) is 4.63. The van der Waals surface area contributed by atoms with Gasteiger partial charge in [-0.1, -0.05) is 0 Å². The van der Waals surface area contributed by atoms with E-state index in [2.05, 4.69) is 35.2 Å². The van der Waals surface area contributed by atoms with Gasteiger partial charge in [-0.05, 0) is 63.3 Å². The van der Waals surface area contributed by atoms with Gasteiger partial charge in [0.15, 0.2) is 5.82 Å². The summed E-state index contributed by atoms with van der Waals surface area (Å²) < 4.78 is 27.7. The molecular weight excluding hydrogens is 386 g/mol. The molecule has 2 aromatic heterocycles. The summed E-state index contributed by atoms with van der Waals surface area (Å²) in [6.45, 7) is 5.31. The van der Waals surface area contributed by atoms with Gasteiger partial charge in [0, 0.05) is 17.1 Å². The molecule has 0 amide bonds. The molecule has 3 rings (SSSR count). The highest BCUT2D eigenvalue weighted by molar-refractivity contribution is 7.92. The number of aromatic nitrogens is 5. The molecule has 0 aliphatic carbocycles. The van der Waals surface area contributed by atoms with E-state index in [0.29, 0.717) is 28.6 Å². The van der Waals surface area contributed by atoms with Gasteiger partial charge < -0.3 is 5.32 Å². The molecule has 0 radical (unpaired) electrons. The third-order valence-corrected chi connectivity index (χ3v) is 5.04. The van der Waals surface area contributed by atoms with E-state index < -0.39 is 10.0 Å². The van der Waals surface area contributed by atoms with Crippen molar-refractivity contribution in [1.29, 1.82) is 0 Å². The van der Waals surface area contributed by atoms with Crippen LogP contribution in [0.2, 0.25) is 0 Å². The van der Waals surface area contributed by atoms with E-state index in [1.807, 2.05) is 0 Å². The highest BCUT2D eigenvalue weighted by Crippen LogP contribution is 2.20. The van der Waals surface area contributed by atoms with Crippen LogP contribution in [0.3, 0.4) is 0 Å². The van der Waals surface area contributed by atoms with E-state index in [1.54, 1.807) is 39.0 Å². The van der Waals surface area contributed by atoms with Crippen LogP contribution >= 0.6 is 12.2 Å². The number of benzene rings is 1. The standard InChI is InChI=1S/C16H17N7O2S2/c1-9-8-10(2)18-15(17-9)23-27(24,25)13-6-4-12(5-7-13)19-14-11(3)21-22-16(26)20-14/h4-8H,1-3H3,(H,17,18,23)(H2,19,20,22,26). The zero-order chi connectivity index (χ0) is 19.6. The lowest BCUT2D eigenvalue weighted by molar-refractivity contribution is 0.601. The molecule has 9 nitrogen and oxygen atoms in total. The van der Waals surface area contributed by atoms with Crippen molar-refractivity contribution in [3.8, 4) is 0 Å². The van der Waals surface area contributed by atoms with Gasteiger partial charge in [-0.3, -0.25) is 5.10 Å². The van der Waals surface area contributed by atoms with Gasteiger partial charge in [-0.15, -0.1) is 0 Å². The van der Waals surface area contributed by atoms with E-state index >= 15 is 0 Å². The van der Waals surface area contributed by atoms with Crippen LogP contribution in [0.1, 0.15) is 17.1 Å². The fourth-order valence-electron chi connectivity index (χ4n) is 2.32. The van der Waals surface area contributed by atoms with Crippen LogP contribution in [0.4, 0.5) is 17.5 Å². The largest absolute Gasteiger partial charge is 0.339 e. The van der Waals surface area contributed by atoms with Gasteiger partial charge >= 0.3 is 0 Å². The molecule has 1 aromatic carbocycles. The molecule has 0 spiro atoms. The second kappa shape index (κ2) is 7.37. The van der Waals surface area contributed by atoms with Crippen molar-refractivity contribution in [2.75, 3.05) is 10.0 Å². The van der Waals surface area contributed by atoms with Crippen molar-refractivity contribution in [3.63, 3.8) is 0 Å². The lowest BCUT2D eigenvalue weighted by Gasteiger charge is -2.10. The molecule has 0 aliphatic rings. The second-order valence-electron chi connectivity index (χ2n) is 5.80. The van der Waals surface area contributed by atoms with Gasteiger partial charge in [0.25, 0.3) is 10.0 Å². The molecule has 0 fully saturated rings. The first-order chi connectivity index (χ1) is 12.7. The minimum absolute atomic E-state index is 0.0408. The van der Waals surface area contributed by atoms with Crippen molar-refractivity contribution < 1.29 is 8.42 Å². The van der Waals surface area contributed by atoms with Crippen LogP contribution in [-0.4, -0.2) is 33.6 Å². The maximum absolute atomic E-state index is 12.5. The Hall–Kier alpha value is -2.92. The smallest absolute Gasteiger partial charge is 0.264 e. The normalized spacial score (nSPS) is 11.2. The summed E-state index contributed by atoms with van der Waals surface area (Å²) >= 11 is 4.96. The number of anilines is 3. The lowest BCUT2D eigenvalue weighted by atomic mass is 10.3. The molecule has 0 saturated heterocycles. The number of hydrogen-bond acceptors (Lipinski definition) is 8. The number of rotatable bonds is 5. The number of nitrogens with one attached hydrogen (secondary N) is 3. The summed E-state index contributed by atoms with van der Waals surface area (Å²) in [5.74, 6) is 0.537. The van der Waals surface area contributed by atoms with Crippen molar-refractivity contribution in [2.45, 2.75) is 25.7 Å². The Kier molecular flexibility index (Phi) is 5.15. The van der Waals surface area contributed by atoms with Crippen molar-refractivity contribution in [2.24, 2.45) is 0 Å². The zero-order valence-corrected chi connectivity index (χ0v) is 16.4. The molecule has 140 valence electrons. The number of aryl methyl sites for hydroxylation is 3. The minimum Gasteiger partial charge on any atom is -0.339 e. The summed E-state index contributed by atoms with van der Waals surface area (Å²) in [5.41, 5.74) is 2.64. The summed E-state index contributed by atoms with van der Waals surface area (Å²) in [6.07, 6.45) is 0. The molecule has 0 bridgehead atoms. The fourth-order valence-corrected chi connectivity index (χ4v) is 3.40. The van der Waals surface area contributed by atoms with Crippen LogP contribution in [0, 0.1) is 25.5 Å².